The van der Waals surface area contributed by atoms with E-state index in [-0.39, 0.29) is 6.04 Å². The smallest absolute Gasteiger partial charge is 0.189 e. The van der Waals surface area contributed by atoms with Crippen LogP contribution in [-0.4, -0.2) is 10.9 Å². The molecule has 1 aromatic heterocycles. The van der Waals surface area contributed by atoms with Gasteiger partial charge < -0.3 is 11.1 Å². The van der Waals surface area contributed by atoms with Crippen molar-refractivity contribution >= 4 is 40.1 Å². The van der Waals surface area contributed by atoms with Crippen LogP contribution in [0.1, 0.15) is 24.1 Å². The van der Waals surface area contributed by atoms with Crippen LogP contribution in [0.25, 0.3) is 10.9 Å². The van der Waals surface area contributed by atoms with Crippen molar-refractivity contribution in [2.75, 3.05) is 0 Å². The van der Waals surface area contributed by atoms with Crippen molar-refractivity contribution in [2.45, 2.75) is 19.5 Å². The van der Waals surface area contributed by atoms with Crippen LogP contribution < -0.4 is 11.1 Å². The van der Waals surface area contributed by atoms with Gasteiger partial charge in [0.05, 0.1) is 18.1 Å². The van der Waals surface area contributed by atoms with Crippen molar-refractivity contribution in [3.05, 3.63) is 75.9 Å². The van der Waals surface area contributed by atoms with Gasteiger partial charge in [-0.05, 0) is 42.3 Å². The van der Waals surface area contributed by atoms with Crippen molar-refractivity contribution in [3.8, 4) is 0 Å². The average Bonchev–Trinajstić information content (AvgIpc) is 2.59. The van der Waals surface area contributed by atoms with E-state index in [4.69, 9.17) is 28.9 Å². The van der Waals surface area contributed by atoms with Crippen molar-refractivity contribution in [1.82, 2.24) is 10.3 Å². The molecule has 0 aliphatic rings. The fourth-order valence-corrected chi connectivity index (χ4v) is 3.23. The lowest BCUT2D eigenvalue weighted by Crippen LogP contribution is -2.34. The third kappa shape index (κ3) is 4.21. The van der Waals surface area contributed by atoms with Crippen LogP contribution in [0.4, 0.5) is 0 Å². The number of pyridine rings is 1. The summed E-state index contributed by atoms with van der Waals surface area (Å²) in [6, 6.07) is 15.2. The number of nitrogens with two attached hydrogens (primary N) is 1. The molecule has 0 aliphatic heterocycles. The molecule has 0 radical (unpaired) electrons. The van der Waals surface area contributed by atoms with Crippen molar-refractivity contribution in [3.63, 3.8) is 0 Å². The number of fused-ring (bicyclic) bond motifs is 1. The predicted octanol–water partition coefficient (Wildman–Crippen LogP) is 4.71. The van der Waals surface area contributed by atoms with Crippen LogP contribution in [0, 0.1) is 0 Å². The highest BCUT2D eigenvalue weighted by molar-refractivity contribution is 6.35. The summed E-state index contributed by atoms with van der Waals surface area (Å²) in [5.41, 5.74) is 8.98. The standard InChI is InChI=1S/C19H18Cl2N4/c1-12(15-7-6-14(20)10-17(15)21)25-19(22)24-11-13-8-9-23-18-5-3-2-4-16(13)18/h2-10,12H,11H2,1H3,(H3,22,24,25). The van der Waals surface area contributed by atoms with Gasteiger partial charge in [-0.15, -0.1) is 0 Å². The predicted molar refractivity (Wildman–Crippen MR) is 105 cm³/mol. The second-order valence-corrected chi connectivity index (χ2v) is 6.56. The molecule has 0 fully saturated rings. The van der Waals surface area contributed by atoms with Crippen LogP contribution >= 0.6 is 23.2 Å². The Bertz CT molecular complexity index is 919. The largest absolute Gasteiger partial charge is 0.370 e. The third-order valence-corrected chi connectivity index (χ3v) is 4.51. The summed E-state index contributed by atoms with van der Waals surface area (Å²) in [4.78, 5) is 8.80. The normalized spacial score (nSPS) is 13.0. The summed E-state index contributed by atoms with van der Waals surface area (Å²) in [5.74, 6) is 0.361. The maximum absolute atomic E-state index is 6.23. The van der Waals surface area contributed by atoms with Gasteiger partial charge >= 0.3 is 0 Å². The molecule has 25 heavy (non-hydrogen) atoms. The summed E-state index contributed by atoms with van der Waals surface area (Å²) >= 11 is 12.2. The maximum Gasteiger partial charge on any atom is 0.189 e. The molecule has 1 atom stereocenters. The first kappa shape index (κ1) is 17.5. The first-order valence-electron chi connectivity index (χ1n) is 7.88. The molecule has 0 bridgehead atoms. The van der Waals surface area contributed by atoms with Gasteiger partial charge in [-0.3, -0.25) is 4.98 Å². The van der Waals surface area contributed by atoms with Crippen LogP contribution in [0.5, 0.6) is 0 Å². The second kappa shape index (κ2) is 7.72. The van der Waals surface area contributed by atoms with E-state index in [1.54, 1.807) is 18.3 Å². The number of halogens is 2. The zero-order valence-electron chi connectivity index (χ0n) is 13.7. The first-order chi connectivity index (χ1) is 12.0. The lowest BCUT2D eigenvalue weighted by molar-refractivity contribution is 0.708. The first-order valence-corrected chi connectivity index (χ1v) is 8.64. The quantitative estimate of drug-likeness (QED) is 0.514. The lowest BCUT2D eigenvalue weighted by Gasteiger charge is -2.16. The van der Waals surface area contributed by atoms with Gasteiger partial charge in [0.1, 0.15) is 0 Å². The number of nitrogens with one attached hydrogen (secondary N) is 1. The monoisotopic (exact) mass is 372 g/mol. The average molecular weight is 373 g/mol. The minimum absolute atomic E-state index is 0.0808. The highest BCUT2D eigenvalue weighted by Gasteiger charge is 2.10. The molecule has 0 aliphatic carbocycles. The molecule has 1 heterocycles. The van der Waals surface area contributed by atoms with Crippen LogP contribution in [-0.2, 0) is 6.54 Å². The van der Waals surface area contributed by atoms with E-state index in [0.29, 0.717) is 22.5 Å². The number of aromatic nitrogens is 1. The van der Waals surface area contributed by atoms with E-state index in [1.165, 1.54) is 0 Å². The zero-order valence-corrected chi connectivity index (χ0v) is 15.2. The molecule has 6 heteroatoms. The van der Waals surface area contributed by atoms with Crippen LogP contribution in [0.2, 0.25) is 10.0 Å². The summed E-state index contributed by atoms with van der Waals surface area (Å²) in [6.45, 7) is 2.45. The number of aliphatic imine (C=N–C) groups is 1. The Labute approximate surface area is 156 Å². The molecule has 0 saturated heterocycles. The van der Waals surface area contributed by atoms with E-state index < -0.39 is 0 Å². The molecular formula is C19H18Cl2N4. The Morgan fingerprint density at radius 1 is 1.20 bits per heavy atom. The molecule has 3 aromatic rings. The highest BCUT2D eigenvalue weighted by Crippen LogP contribution is 2.26. The van der Waals surface area contributed by atoms with Crippen LogP contribution in [0.15, 0.2) is 59.7 Å². The van der Waals surface area contributed by atoms with Gasteiger partial charge in [0.25, 0.3) is 0 Å². The Morgan fingerprint density at radius 3 is 2.80 bits per heavy atom. The Kier molecular flexibility index (Phi) is 5.41. The topological polar surface area (TPSA) is 63.3 Å². The minimum Gasteiger partial charge on any atom is -0.370 e. The van der Waals surface area contributed by atoms with Gasteiger partial charge in [0.15, 0.2) is 5.96 Å². The maximum atomic E-state index is 6.23. The number of nitrogens with zero attached hydrogens (tertiary/aromatic N) is 2. The molecule has 4 nitrogen and oxygen atoms in total. The number of benzene rings is 2. The fraction of sp³-hybridized carbons (Fsp3) is 0.158. The van der Waals surface area contributed by atoms with E-state index in [2.05, 4.69) is 15.3 Å². The second-order valence-electron chi connectivity index (χ2n) is 5.72. The van der Waals surface area contributed by atoms with Crippen LogP contribution in [0.3, 0.4) is 0 Å². The molecule has 128 valence electrons. The number of rotatable bonds is 4. The Balaban J connectivity index is 1.73. The number of hydrogen-bond donors (Lipinski definition) is 2. The molecule has 1 unspecified atom stereocenters. The highest BCUT2D eigenvalue weighted by atomic mass is 35.5. The van der Waals surface area contributed by atoms with Gasteiger partial charge in [-0.25, -0.2) is 4.99 Å². The molecule has 3 rings (SSSR count). The number of hydrogen-bond acceptors (Lipinski definition) is 2. The van der Waals surface area contributed by atoms with Gasteiger partial charge in [0, 0.05) is 21.6 Å². The van der Waals surface area contributed by atoms with E-state index in [9.17, 15) is 0 Å². The van der Waals surface area contributed by atoms with Gasteiger partial charge in [0.2, 0.25) is 0 Å². The molecular weight excluding hydrogens is 355 g/mol. The van der Waals surface area contributed by atoms with E-state index in [1.807, 2.05) is 43.3 Å². The molecule has 2 aromatic carbocycles. The zero-order chi connectivity index (χ0) is 17.8. The Morgan fingerprint density at radius 2 is 2.00 bits per heavy atom. The van der Waals surface area contributed by atoms with Crippen molar-refractivity contribution in [2.24, 2.45) is 10.7 Å². The number of para-hydroxylation sites is 1. The summed E-state index contributed by atoms with van der Waals surface area (Å²) in [7, 11) is 0. The van der Waals surface area contributed by atoms with E-state index in [0.717, 1.165) is 22.0 Å². The molecule has 3 N–H and O–H groups in total. The van der Waals surface area contributed by atoms with Crippen molar-refractivity contribution in [1.29, 1.82) is 0 Å². The third-order valence-electron chi connectivity index (χ3n) is 3.95. The number of guanidine groups is 1. The van der Waals surface area contributed by atoms with Crippen molar-refractivity contribution < 1.29 is 0 Å². The summed E-state index contributed by atoms with van der Waals surface area (Å²) in [6.07, 6.45) is 1.78. The summed E-state index contributed by atoms with van der Waals surface area (Å²) in [5, 5.41) is 5.44. The fourth-order valence-electron chi connectivity index (χ4n) is 2.66. The molecule has 0 saturated carbocycles. The minimum atomic E-state index is -0.0808. The summed E-state index contributed by atoms with van der Waals surface area (Å²) < 4.78 is 0. The van der Waals surface area contributed by atoms with Gasteiger partial charge in [-0.2, -0.15) is 0 Å². The SMILES string of the molecule is CC(NC(N)=NCc1ccnc2ccccc12)c1ccc(Cl)cc1Cl. The Hall–Kier alpha value is -2.30. The molecule has 0 spiro atoms. The van der Waals surface area contributed by atoms with E-state index >= 15 is 0 Å². The molecule has 0 amide bonds. The van der Waals surface area contributed by atoms with Gasteiger partial charge in [-0.1, -0.05) is 47.5 Å². The lowest BCUT2D eigenvalue weighted by atomic mass is 10.1.